The molecule has 0 saturated heterocycles. The van der Waals surface area contributed by atoms with E-state index in [1.54, 1.807) is 35.7 Å². The molecule has 0 radical (unpaired) electrons. The first-order valence-corrected chi connectivity index (χ1v) is 11.7. The highest BCUT2D eigenvalue weighted by Crippen LogP contribution is 2.20. The van der Waals surface area contributed by atoms with Crippen LogP contribution < -0.4 is 10.6 Å². The van der Waals surface area contributed by atoms with Crippen molar-refractivity contribution < 1.29 is 23.5 Å². The van der Waals surface area contributed by atoms with Crippen LogP contribution in [0.25, 0.3) is 0 Å². The Morgan fingerprint density at radius 2 is 1.77 bits per heavy atom. The Kier molecular flexibility index (Phi) is 7.37. The molecule has 0 bridgehead atoms. The van der Waals surface area contributed by atoms with Crippen molar-refractivity contribution in [2.24, 2.45) is 0 Å². The number of benzene rings is 2. The van der Waals surface area contributed by atoms with Crippen LogP contribution in [0.15, 0.2) is 70.7 Å². The van der Waals surface area contributed by atoms with Crippen LogP contribution in [-0.4, -0.2) is 22.8 Å². The van der Waals surface area contributed by atoms with Crippen LogP contribution in [0.3, 0.4) is 0 Å². The number of carbonyl (C=O) groups excluding carboxylic acids is 3. The zero-order valence-corrected chi connectivity index (χ0v) is 20.0. The summed E-state index contributed by atoms with van der Waals surface area (Å²) in [5.74, 6) is -0.958. The average Bonchev–Trinajstić information content (AvgIpc) is 3.53. The molecule has 35 heavy (non-hydrogen) atoms. The number of amides is 2. The SMILES string of the molecule is Cc1ccccc1NC(=O)Cc1nc(COC(=O)c2ccc(C)c(NC(=O)c3ccco3)c2)cs1. The second-order valence-corrected chi connectivity index (χ2v) is 8.75. The van der Waals surface area contributed by atoms with E-state index in [4.69, 9.17) is 9.15 Å². The van der Waals surface area contributed by atoms with Crippen LogP contribution in [-0.2, 0) is 22.6 Å². The number of thiazole rings is 1. The van der Waals surface area contributed by atoms with E-state index in [-0.39, 0.29) is 24.7 Å². The monoisotopic (exact) mass is 489 g/mol. The standard InChI is InChI=1S/C26H23N3O5S/c1-16-6-3-4-7-20(16)28-23(30)13-24-27-19(15-35-24)14-34-26(32)18-10-9-17(2)21(12-18)29-25(31)22-8-5-11-33-22/h3-12,15H,13-14H2,1-2H3,(H,28,30)(H,29,31). The number of anilines is 2. The summed E-state index contributed by atoms with van der Waals surface area (Å²) in [6.07, 6.45) is 1.54. The third kappa shape index (κ3) is 6.21. The number of hydrogen-bond donors (Lipinski definition) is 2. The molecule has 0 atom stereocenters. The molecule has 0 saturated carbocycles. The lowest BCUT2D eigenvalue weighted by Crippen LogP contribution is -2.15. The topological polar surface area (TPSA) is 111 Å². The Hall–Kier alpha value is -4.24. The first kappa shape index (κ1) is 23.9. The summed E-state index contributed by atoms with van der Waals surface area (Å²) >= 11 is 1.33. The van der Waals surface area contributed by atoms with Crippen molar-refractivity contribution >= 4 is 40.5 Å². The zero-order valence-electron chi connectivity index (χ0n) is 19.2. The van der Waals surface area contributed by atoms with E-state index in [1.807, 2.05) is 38.1 Å². The van der Waals surface area contributed by atoms with E-state index in [0.29, 0.717) is 22.0 Å². The Morgan fingerprint density at radius 3 is 2.54 bits per heavy atom. The van der Waals surface area contributed by atoms with Gasteiger partial charge in [0.15, 0.2) is 5.76 Å². The summed E-state index contributed by atoms with van der Waals surface area (Å²) in [5, 5.41) is 8.00. The molecule has 4 aromatic rings. The lowest BCUT2D eigenvalue weighted by atomic mass is 10.1. The zero-order chi connectivity index (χ0) is 24.8. The number of hydrogen-bond acceptors (Lipinski definition) is 7. The van der Waals surface area contributed by atoms with Gasteiger partial charge in [-0.2, -0.15) is 0 Å². The number of furan rings is 1. The fraction of sp³-hybridized carbons (Fsp3) is 0.154. The largest absolute Gasteiger partial charge is 0.459 e. The van der Waals surface area contributed by atoms with Gasteiger partial charge in [-0.1, -0.05) is 24.3 Å². The van der Waals surface area contributed by atoms with E-state index in [1.165, 1.54) is 17.6 Å². The van der Waals surface area contributed by atoms with Gasteiger partial charge in [-0.15, -0.1) is 11.3 Å². The van der Waals surface area contributed by atoms with Crippen LogP contribution >= 0.6 is 11.3 Å². The molecule has 2 N–H and O–H groups in total. The summed E-state index contributed by atoms with van der Waals surface area (Å²) in [7, 11) is 0. The molecule has 0 fully saturated rings. The van der Waals surface area contributed by atoms with Crippen LogP contribution in [0, 0.1) is 13.8 Å². The molecule has 2 aromatic carbocycles. The van der Waals surface area contributed by atoms with Crippen LogP contribution in [0.4, 0.5) is 11.4 Å². The first-order valence-electron chi connectivity index (χ1n) is 10.8. The lowest BCUT2D eigenvalue weighted by molar-refractivity contribution is -0.115. The highest BCUT2D eigenvalue weighted by molar-refractivity contribution is 7.09. The van der Waals surface area contributed by atoms with Gasteiger partial charge in [0.05, 0.1) is 23.9 Å². The number of aromatic nitrogens is 1. The normalized spacial score (nSPS) is 10.6. The first-order chi connectivity index (χ1) is 16.9. The van der Waals surface area contributed by atoms with Crippen molar-refractivity contribution in [3.63, 3.8) is 0 Å². The average molecular weight is 490 g/mol. The molecule has 2 heterocycles. The molecule has 0 spiro atoms. The van der Waals surface area contributed by atoms with Crippen molar-refractivity contribution in [3.8, 4) is 0 Å². The minimum Gasteiger partial charge on any atom is -0.459 e. The molecule has 2 aromatic heterocycles. The summed E-state index contributed by atoms with van der Waals surface area (Å²) in [6, 6.07) is 15.6. The molecule has 0 unspecified atom stereocenters. The molecule has 2 amide bonds. The van der Waals surface area contributed by atoms with Gasteiger partial charge in [-0.25, -0.2) is 9.78 Å². The maximum absolute atomic E-state index is 12.6. The molecule has 4 rings (SSSR count). The molecule has 9 heteroatoms. The number of rotatable bonds is 8. The summed E-state index contributed by atoms with van der Waals surface area (Å²) in [5.41, 5.74) is 3.86. The minimum atomic E-state index is -0.551. The molecule has 8 nitrogen and oxygen atoms in total. The molecule has 0 aliphatic rings. The quantitative estimate of drug-likeness (QED) is 0.332. The molecule has 0 aliphatic carbocycles. The number of aryl methyl sites for hydroxylation is 2. The second kappa shape index (κ2) is 10.8. The van der Waals surface area contributed by atoms with Crippen LogP contribution in [0.2, 0.25) is 0 Å². The fourth-order valence-electron chi connectivity index (χ4n) is 3.24. The van der Waals surface area contributed by atoms with E-state index in [2.05, 4.69) is 15.6 Å². The smallest absolute Gasteiger partial charge is 0.338 e. The van der Waals surface area contributed by atoms with E-state index in [9.17, 15) is 14.4 Å². The number of nitrogens with one attached hydrogen (secondary N) is 2. The summed E-state index contributed by atoms with van der Waals surface area (Å²) in [6.45, 7) is 3.71. The molecular formula is C26H23N3O5S. The Morgan fingerprint density at radius 1 is 0.971 bits per heavy atom. The molecule has 178 valence electrons. The Labute approximate surface area is 206 Å². The van der Waals surface area contributed by atoms with Gasteiger partial charge < -0.3 is 19.8 Å². The highest BCUT2D eigenvalue weighted by atomic mass is 32.1. The predicted octanol–water partition coefficient (Wildman–Crippen LogP) is 5.14. The highest BCUT2D eigenvalue weighted by Gasteiger charge is 2.15. The van der Waals surface area contributed by atoms with Gasteiger partial charge >= 0.3 is 5.97 Å². The van der Waals surface area contributed by atoms with Gasteiger partial charge in [0.2, 0.25) is 5.91 Å². The molecular weight excluding hydrogens is 466 g/mol. The van der Waals surface area contributed by atoms with Crippen molar-refractivity contribution in [1.29, 1.82) is 0 Å². The van der Waals surface area contributed by atoms with Gasteiger partial charge in [0.25, 0.3) is 5.91 Å². The Bertz CT molecular complexity index is 1360. The fourth-order valence-corrected chi connectivity index (χ4v) is 4.02. The van der Waals surface area contributed by atoms with E-state index < -0.39 is 11.9 Å². The van der Waals surface area contributed by atoms with E-state index in [0.717, 1.165) is 16.8 Å². The third-order valence-electron chi connectivity index (χ3n) is 5.15. The maximum atomic E-state index is 12.6. The summed E-state index contributed by atoms with van der Waals surface area (Å²) in [4.78, 5) is 41.6. The Balaban J connectivity index is 1.32. The van der Waals surface area contributed by atoms with Crippen molar-refractivity contribution in [3.05, 3.63) is 99.4 Å². The lowest BCUT2D eigenvalue weighted by Gasteiger charge is -2.10. The predicted molar refractivity (Wildman–Crippen MR) is 133 cm³/mol. The van der Waals surface area contributed by atoms with Crippen molar-refractivity contribution in [1.82, 2.24) is 4.98 Å². The van der Waals surface area contributed by atoms with Gasteiger partial charge in [0.1, 0.15) is 11.6 Å². The number of nitrogens with zero attached hydrogens (tertiary/aromatic N) is 1. The summed E-state index contributed by atoms with van der Waals surface area (Å²) < 4.78 is 10.5. The van der Waals surface area contributed by atoms with Crippen molar-refractivity contribution in [2.75, 3.05) is 10.6 Å². The van der Waals surface area contributed by atoms with Crippen LogP contribution in [0.1, 0.15) is 42.7 Å². The number of para-hydroxylation sites is 1. The van der Waals surface area contributed by atoms with E-state index >= 15 is 0 Å². The number of esters is 1. The van der Waals surface area contributed by atoms with Gasteiger partial charge in [-0.05, 0) is 55.3 Å². The number of ether oxygens (including phenoxy) is 1. The molecule has 0 aliphatic heterocycles. The maximum Gasteiger partial charge on any atom is 0.338 e. The van der Waals surface area contributed by atoms with Crippen LogP contribution in [0.5, 0.6) is 0 Å². The van der Waals surface area contributed by atoms with Gasteiger partial charge in [-0.3, -0.25) is 9.59 Å². The second-order valence-electron chi connectivity index (χ2n) is 7.81. The number of carbonyl (C=O) groups is 3. The van der Waals surface area contributed by atoms with Crippen molar-refractivity contribution in [2.45, 2.75) is 26.9 Å². The minimum absolute atomic E-state index is 0.0310. The third-order valence-corrected chi connectivity index (χ3v) is 6.05. The van der Waals surface area contributed by atoms with Gasteiger partial charge in [0, 0.05) is 16.8 Å².